The maximum Gasteiger partial charge on any atom is 0.173 e. The van der Waals surface area contributed by atoms with Crippen molar-refractivity contribution in [2.24, 2.45) is 5.73 Å². The highest BCUT2D eigenvalue weighted by atomic mass is 35.5. The van der Waals surface area contributed by atoms with Crippen molar-refractivity contribution in [1.29, 1.82) is 0 Å². The van der Waals surface area contributed by atoms with Gasteiger partial charge in [-0.15, -0.1) is 12.4 Å². The minimum Gasteiger partial charge on any atom is -0.489 e. The Morgan fingerprint density at radius 1 is 1.39 bits per heavy atom. The first-order valence-electron chi connectivity index (χ1n) is 5.94. The summed E-state index contributed by atoms with van der Waals surface area (Å²) in [5, 5.41) is 0.316. The molecule has 0 aliphatic heterocycles. The Morgan fingerprint density at radius 3 is 2.56 bits per heavy atom. The third-order valence-electron chi connectivity index (χ3n) is 2.53. The molecule has 0 spiro atoms. The smallest absolute Gasteiger partial charge is 0.173 e. The SMILES string of the molecule is CCCOc1c(F)cc(CC(N)CC)cc1Cl.Cl. The van der Waals surface area contributed by atoms with Gasteiger partial charge in [0.2, 0.25) is 0 Å². The predicted molar refractivity (Wildman–Crippen MR) is 76.4 cm³/mol. The number of ether oxygens (including phenoxy) is 1. The lowest BCUT2D eigenvalue weighted by atomic mass is 10.0. The highest BCUT2D eigenvalue weighted by molar-refractivity contribution is 6.32. The van der Waals surface area contributed by atoms with E-state index in [-0.39, 0.29) is 24.2 Å². The first kappa shape index (κ1) is 17.5. The minimum absolute atomic E-state index is 0. The standard InChI is InChI=1S/C13H19ClFNO.ClH/c1-3-5-17-13-11(14)7-9(8-12(13)15)6-10(16)4-2;/h7-8,10H,3-6,16H2,1-2H3;1H. The van der Waals surface area contributed by atoms with Gasteiger partial charge in [-0.1, -0.05) is 25.4 Å². The highest BCUT2D eigenvalue weighted by Gasteiger charge is 2.12. The van der Waals surface area contributed by atoms with Gasteiger partial charge >= 0.3 is 0 Å². The lowest BCUT2D eigenvalue weighted by molar-refractivity contribution is 0.301. The second-order valence-corrected chi connectivity index (χ2v) is 4.52. The summed E-state index contributed by atoms with van der Waals surface area (Å²) >= 11 is 5.99. The Labute approximate surface area is 119 Å². The molecule has 0 saturated carbocycles. The van der Waals surface area contributed by atoms with Gasteiger partial charge in [0, 0.05) is 6.04 Å². The Bertz CT molecular complexity index is 351. The first-order chi connectivity index (χ1) is 8.08. The van der Waals surface area contributed by atoms with E-state index in [4.69, 9.17) is 22.1 Å². The van der Waals surface area contributed by atoms with Crippen LogP contribution >= 0.6 is 24.0 Å². The van der Waals surface area contributed by atoms with Crippen molar-refractivity contribution in [3.63, 3.8) is 0 Å². The fraction of sp³-hybridized carbons (Fsp3) is 0.538. The average Bonchev–Trinajstić information content (AvgIpc) is 2.28. The molecule has 2 nitrogen and oxygen atoms in total. The van der Waals surface area contributed by atoms with E-state index in [2.05, 4.69) is 0 Å². The van der Waals surface area contributed by atoms with Gasteiger partial charge in [-0.05, 0) is 37.0 Å². The lowest BCUT2D eigenvalue weighted by Crippen LogP contribution is -2.21. The van der Waals surface area contributed by atoms with Crippen LogP contribution in [0.1, 0.15) is 32.3 Å². The van der Waals surface area contributed by atoms with Crippen LogP contribution in [0.3, 0.4) is 0 Å². The third kappa shape index (κ3) is 5.01. The fourth-order valence-electron chi connectivity index (χ4n) is 1.52. The van der Waals surface area contributed by atoms with Gasteiger partial charge in [0.25, 0.3) is 0 Å². The van der Waals surface area contributed by atoms with Crippen molar-refractivity contribution in [2.75, 3.05) is 6.61 Å². The van der Waals surface area contributed by atoms with E-state index in [1.807, 2.05) is 13.8 Å². The van der Waals surface area contributed by atoms with E-state index < -0.39 is 5.82 Å². The van der Waals surface area contributed by atoms with Crippen LogP contribution in [0.2, 0.25) is 5.02 Å². The van der Waals surface area contributed by atoms with Gasteiger partial charge in [-0.2, -0.15) is 0 Å². The largest absolute Gasteiger partial charge is 0.489 e. The normalized spacial score (nSPS) is 11.8. The molecule has 1 atom stereocenters. The van der Waals surface area contributed by atoms with Crippen molar-refractivity contribution in [3.05, 3.63) is 28.5 Å². The zero-order valence-corrected chi connectivity index (χ0v) is 12.3. The van der Waals surface area contributed by atoms with E-state index in [1.54, 1.807) is 6.07 Å². The number of halogens is 3. The summed E-state index contributed by atoms with van der Waals surface area (Å²) in [5.74, 6) is -0.272. The van der Waals surface area contributed by atoms with Crippen LogP contribution in [-0.2, 0) is 6.42 Å². The molecule has 2 N–H and O–H groups in total. The fourth-order valence-corrected chi connectivity index (χ4v) is 1.80. The molecular formula is C13H20Cl2FNO. The molecule has 1 aromatic carbocycles. The second kappa shape index (κ2) is 8.57. The topological polar surface area (TPSA) is 35.2 Å². The molecule has 1 aromatic rings. The van der Waals surface area contributed by atoms with Gasteiger partial charge in [-0.25, -0.2) is 4.39 Å². The molecule has 0 bridgehead atoms. The van der Waals surface area contributed by atoms with Crippen LogP contribution in [0.4, 0.5) is 4.39 Å². The Morgan fingerprint density at radius 2 is 2.06 bits per heavy atom. The van der Waals surface area contributed by atoms with Crippen molar-refractivity contribution in [1.82, 2.24) is 0 Å². The number of benzene rings is 1. The summed E-state index contributed by atoms with van der Waals surface area (Å²) in [6, 6.07) is 3.21. The van der Waals surface area contributed by atoms with Crippen molar-refractivity contribution in [2.45, 2.75) is 39.2 Å². The molecule has 0 aromatic heterocycles. The molecule has 0 heterocycles. The number of nitrogens with two attached hydrogens (primary N) is 1. The second-order valence-electron chi connectivity index (χ2n) is 4.11. The maximum absolute atomic E-state index is 13.7. The number of hydrogen-bond acceptors (Lipinski definition) is 2. The zero-order valence-electron chi connectivity index (χ0n) is 10.7. The van der Waals surface area contributed by atoms with Gasteiger partial charge in [0.15, 0.2) is 11.6 Å². The van der Waals surface area contributed by atoms with Crippen molar-refractivity contribution in [3.8, 4) is 5.75 Å². The Hall–Kier alpha value is -0.510. The summed E-state index contributed by atoms with van der Waals surface area (Å²) in [6.07, 6.45) is 2.30. The molecule has 0 radical (unpaired) electrons. The molecule has 0 aliphatic carbocycles. The minimum atomic E-state index is -0.413. The quantitative estimate of drug-likeness (QED) is 0.862. The van der Waals surface area contributed by atoms with Gasteiger partial charge in [0.05, 0.1) is 11.6 Å². The molecule has 0 amide bonds. The zero-order chi connectivity index (χ0) is 12.8. The van der Waals surface area contributed by atoms with Crippen molar-refractivity contribution >= 4 is 24.0 Å². The number of hydrogen-bond donors (Lipinski definition) is 1. The first-order valence-corrected chi connectivity index (χ1v) is 6.32. The average molecular weight is 296 g/mol. The molecular weight excluding hydrogens is 276 g/mol. The van der Waals surface area contributed by atoms with Crippen LogP contribution in [0.25, 0.3) is 0 Å². The Kier molecular flexibility index (Phi) is 8.32. The van der Waals surface area contributed by atoms with E-state index in [1.165, 1.54) is 6.07 Å². The van der Waals surface area contributed by atoms with Crippen LogP contribution in [0, 0.1) is 5.82 Å². The van der Waals surface area contributed by atoms with E-state index >= 15 is 0 Å². The molecule has 0 saturated heterocycles. The molecule has 0 fully saturated rings. The summed E-state index contributed by atoms with van der Waals surface area (Å²) in [5.41, 5.74) is 6.64. The van der Waals surface area contributed by atoms with Gasteiger partial charge in [-0.3, -0.25) is 0 Å². The molecule has 1 rings (SSSR count). The van der Waals surface area contributed by atoms with E-state index in [0.717, 1.165) is 18.4 Å². The van der Waals surface area contributed by atoms with Gasteiger partial charge in [0.1, 0.15) is 0 Å². The number of rotatable bonds is 6. The molecule has 1 unspecified atom stereocenters. The van der Waals surface area contributed by atoms with Crippen LogP contribution in [0.15, 0.2) is 12.1 Å². The summed E-state index contributed by atoms with van der Waals surface area (Å²) in [7, 11) is 0. The monoisotopic (exact) mass is 295 g/mol. The summed E-state index contributed by atoms with van der Waals surface area (Å²) in [4.78, 5) is 0. The summed E-state index contributed by atoms with van der Waals surface area (Å²) < 4.78 is 19.0. The van der Waals surface area contributed by atoms with Gasteiger partial charge < -0.3 is 10.5 Å². The predicted octanol–water partition coefficient (Wildman–Crippen LogP) is 3.97. The molecule has 0 aliphatic rings. The van der Waals surface area contributed by atoms with Crippen molar-refractivity contribution < 1.29 is 9.13 Å². The van der Waals surface area contributed by atoms with Crippen LogP contribution in [-0.4, -0.2) is 12.6 Å². The molecule has 18 heavy (non-hydrogen) atoms. The molecule has 104 valence electrons. The Balaban J connectivity index is 0.00000289. The maximum atomic E-state index is 13.7. The lowest BCUT2D eigenvalue weighted by Gasteiger charge is -2.12. The highest BCUT2D eigenvalue weighted by Crippen LogP contribution is 2.29. The molecule has 5 heteroatoms. The summed E-state index contributed by atoms with van der Waals surface area (Å²) in [6.45, 7) is 4.42. The van der Waals surface area contributed by atoms with E-state index in [9.17, 15) is 4.39 Å². The third-order valence-corrected chi connectivity index (χ3v) is 2.81. The van der Waals surface area contributed by atoms with E-state index in [0.29, 0.717) is 18.1 Å². The van der Waals surface area contributed by atoms with Crippen LogP contribution < -0.4 is 10.5 Å². The van der Waals surface area contributed by atoms with Crippen LogP contribution in [0.5, 0.6) is 5.75 Å².